The minimum Gasteiger partial charge on any atom is -0.420 e. The third kappa shape index (κ3) is 1.35. The summed E-state index contributed by atoms with van der Waals surface area (Å²) in [5.74, 6) is 0. The van der Waals surface area contributed by atoms with E-state index in [0.717, 1.165) is 7.05 Å². The molecular formula is C6H9N3O5. The van der Waals surface area contributed by atoms with Crippen molar-refractivity contribution in [3.8, 4) is 0 Å². The molecule has 0 saturated heterocycles. The minimum absolute atomic E-state index is 0.183. The summed E-state index contributed by atoms with van der Waals surface area (Å²) in [5.41, 5.74) is -3.15. The molecule has 1 aromatic rings. The van der Waals surface area contributed by atoms with E-state index in [2.05, 4.69) is 0 Å². The SMILES string of the molecule is Cn1c(=O)n(O)c(=O)n(CCO)c1=O. The van der Waals surface area contributed by atoms with Gasteiger partial charge in [0.15, 0.2) is 0 Å². The van der Waals surface area contributed by atoms with Crippen LogP contribution in [0.3, 0.4) is 0 Å². The van der Waals surface area contributed by atoms with Crippen LogP contribution in [0, 0.1) is 0 Å². The zero-order chi connectivity index (χ0) is 10.9. The molecule has 0 bridgehead atoms. The molecule has 8 heteroatoms. The Hall–Kier alpha value is -1.83. The molecule has 1 heterocycles. The Bertz CT molecular complexity index is 467. The van der Waals surface area contributed by atoms with Crippen molar-refractivity contribution in [2.75, 3.05) is 6.61 Å². The molecule has 78 valence electrons. The molecule has 0 unspecified atom stereocenters. The molecule has 0 amide bonds. The smallest absolute Gasteiger partial charge is 0.369 e. The van der Waals surface area contributed by atoms with Gasteiger partial charge in [-0.05, 0) is 0 Å². The molecular weight excluding hydrogens is 194 g/mol. The molecule has 0 atom stereocenters. The van der Waals surface area contributed by atoms with Gasteiger partial charge < -0.3 is 10.3 Å². The second-order valence-corrected chi connectivity index (χ2v) is 2.59. The standard InChI is InChI=1S/C6H9N3O5/c1-7-4(11)8(2-3-10)6(13)9(14)5(7)12/h10,14H,2-3H2,1H3. The van der Waals surface area contributed by atoms with Crippen molar-refractivity contribution in [3.05, 3.63) is 31.5 Å². The van der Waals surface area contributed by atoms with Crippen molar-refractivity contribution in [1.82, 2.24) is 13.9 Å². The number of hydrogen-bond acceptors (Lipinski definition) is 5. The van der Waals surface area contributed by atoms with Crippen LogP contribution in [0.5, 0.6) is 0 Å². The number of hydrogen-bond donors (Lipinski definition) is 2. The molecule has 1 aromatic heterocycles. The zero-order valence-electron chi connectivity index (χ0n) is 7.38. The number of nitrogens with zero attached hydrogens (tertiary/aromatic N) is 3. The summed E-state index contributed by atoms with van der Waals surface area (Å²) < 4.78 is 0.940. The van der Waals surface area contributed by atoms with Gasteiger partial charge in [-0.2, -0.15) is 0 Å². The van der Waals surface area contributed by atoms with Crippen LogP contribution in [0.15, 0.2) is 14.4 Å². The normalized spacial score (nSPS) is 10.4. The van der Waals surface area contributed by atoms with Crippen LogP contribution in [0.1, 0.15) is 0 Å². The highest BCUT2D eigenvalue weighted by atomic mass is 16.5. The summed E-state index contributed by atoms with van der Waals surface area (Å²) in [5, 5.41) is 17.5. The van der Waals surface area contributed by atoms with Gasteiger partial charge in [0.25, 0.3) is 0 Å². The van der Waals surface area contributed by atoms with E-state index >= 15 is 0 Å². The van der Waals surface area contributed by atoms with Gasteiger partial charge in [-0.15, -0.1) is 0 Å². The molecule has 0 aliphatic carbocycles. The van der Waals surface area contributed by atoms with E-state index in [9.17, 15) is 14.4 Å². The van der Waals surface area contributed by atoms with Gasteiger partial charge in [0, 0.05) is 7.05 Å². The topological polar surface area (TPSA) is 106 Å². The first-order valence-electron chi connectivity index (χ1n) is 3.73. The Kier molecular flexibility index (Phi) is 2.56. The fraction of sp³-hybridized carbons (Fsp3) is 0.500. The Labute approximate surface area is 76.8 Å². The summed E-state index contributed by atoms with van der Waals surface area (Å²) in [6.45, 7) is -0.709. The summed E-state index contributed by atoms with van der Waals surface area (Å²) in [6.07, 6.45) is 0. The van der Waals surface area contributed by atoms with Crippen LogP contribution < -0.4 is 17.1 Å². The minimum atomic E-state index is -1.16. The number of aliphatic hydroxyl groups excluding tert-OH is 1. The average Bonchev–Trinajstić information content (AvgIpc) is 2.19. The summed E-state index contributed by atoms with van der Waals surface area (Å²) in [4.78, 5) is 33.3. The lowest BCUT2D eigenvalue weighted by atomic mass is 10.6. The van der Waals surface area contributed by atoms with Gasteiger partial charge in [-0.3, -0.25) is 0 Å². The Balaban J connectivity index is 3.70. The van der Waals surface area contributed by atoms with E-state index in [1.54, 1.807) is 0 Å². The molecule has 0 aliphatic rings. The quantitative estimate of drug-likeness (QED) is 0.496. The monoisotopic (exact) mass is 203 g/mol. The second kappa shape index (κ2) is 3.50. The predicted molar refractivity (Wildman–Crippen MR) is 44.5 cm³/mol. The van der Waals surface area contributed by atoms with Crippen molar-refractivity contribution in [2.45, 2.75) is 6.54 Å². The first-order valence-corrected chi connectivity index (χ1v) is 3.73. The van der Waals surface area contributed by atoms with Gasteiger partial charge in [0.2, 0.25) is 0 Å². The van der Waals surface area contributed by atoms with E-state index < -0.39 is 23.7 Å². The molecule has 0 saturated carbocycles. The Morgan fingerprint density at radius 1 is 1.14 bits per heavy atom. The Morgan fingerprint density at radius 2 is 1.71 bits per heavy atom. The van der Waals surface area contributed by atoms with Crippen LogP contribution in [-0.4, -0.2) is 30.8 Å². The fourth-order valence-electron chi connectivity index (χ4n) is 0.974. The molecule has 0 radical (unpaired) electrons. The third-order valence-corrected chi connectivity index (χ3v) is 1.72. The lowest BCUT2D eigenvalue weighted by molar-refractivity contribution is 0.137. The number of aromatic nitrogens is 3. The summed E-state index contributed by atoms with van der Waals surface area (Å²) >= 11 is 0. The maximum absolute atomic E-state index is 11.2. The van der Waals surface area contributed by atoms with Gasteiger partial charge in [-0.1, -0.05) is 4.73 Å². The van der Waals surface area contributed by atoms with Crippen LogP contribution >= 0.6 is 0 Å². The number of aliphatic hydroxyl groups is 1. The van der Waals surface area contributed by atoms with E-state index in [0.29, 0.717) is 9.13 Å². The predicted octanol–water partition coefficient (Wildman–Crippen LogP) is -3.06. The maximum atomic E-state index is 11.2. The largest absolute Gasteiger partial charge is 0.420 e. The van der Waals surface area contributed by atoms with E-state index in [1.165, 1.54) is 0 Å². The van der Waals surface area contributed by atoms with E-state index in [4.69, 9.17) is 10.3 Å². The van der Waals surface area contributed by atoms with E-state index in [1.807, 2.05) is 0 Å². The highest BCUT2D eigenvalue weighted by molar-refractivity contribution is 4.74. The average molecular weight is 203 g/mol. The van der Waals surface area contributed by atoms with Gasteiger partial charge in [-0.25, -0.2) is 23.5 Å². The third-order valence-electron chi connectivity index (χ3n) is 1.72. The van der Waals surface area contributed by atoms with Crippen LogP contribution in [-0.2, 0) is 13.6 Å². The molecule has 2 N–H and O–H groups in total. The number of rotatable bonds is 2. The maximum Gasteiger partial charge on any atom is 0.369 e. The Morgan fingerprint density at radius 3 is 2.21 bits per heavy atom. The highest BCUT2D eigenvalue weighted by Gasteiger charge is 2.10. The molecule has 0 spiro atoms. The molecule has 0 aromatic carbocycles. The van der Waals surface area contributed by atoms with Crippen molar-refractivity contribution in [3.63, 3.8) is 0 Å². The first kappa shape index (κ1) is 10.3. The second-order valence-electron chi connectivity index (χ2n) is 2.59. The van der Waals surface area contributed by atoms with E-state index in [-0.39, 0.29) is 11.3 Å². The van der Waals surface area contributed by atoms with Crippen molar-refractivity contribution >= 4 is 0 Å². The molecule has 0 aliphatic heterocycles. The van der Waals surface area contributed by atoms with Crippen molar-refractivity contribution < 1.29 is 10.3 Å². The van der Waals surface area contributed by atoms with Crippen LogP contribution in [0.2, 0.25) is 0 Å². The van der Waals surface area contributed by atoms with Crippen LogP contribution in [0.4, 0.5) is 0 Å². The van der Waals surface area contributed by atoms with Crippen molar-refractivity contribution in [1.29, 1.82) is 0 Å². The summed E-state index contributed by atoms with van der Waals surface area (Å²) in [7, 11) is 1.12. The molecule has 1 rings (SSSR count). The summed E-state index contributed by atoms with van der Waals surface area (Å²) in [6, 6.07) is 0. The lowest BCUT2D eigenvalue weighted by Gasteiger charge is -2.05. The fourth-order valence-corrected chi connectivity index (χ4v) is 0.974. The lowest BCUT2D eigenvalue weighted by Crippen LogP contribution is -2.53. The van der Waals surface area contributed by atoms with Crippen molar-refractivity contribution in [2.24, 2.45) is 7.05 Å². The molecule has 8 nitrogen and oxygen atoms in total. The van der Waals surface area contributed by atoms with Gasteiger partial charge >= 0.3 is 17.1 Å². The van der Waals surface area contributed by atoms with Gasteiger partial charge in [0.1, 0.15) is 0 Å². The highest BCUT2D eigenvalue weighted by Crippen LogP contribution is 1.68. The zero-order valence-corrected chi connectivity index (χ0v) is 7.38. The van der Waals surface area contributed by atoms with Gasteiger partial charge in [0.05, 0.1) is 13.2 Å². The van der Waals surface area contributed by atoms with Crippen LogP contribution in [0.25, 0.3) is 0 Å². The molecule has 0 fully saturated rings. The molecule has 14 heavy (non-hydrogen) atoms. The first-order chi connectivity index (χ1) is 6.50.